The molecule has 0 amide bonds. The monoisotopic (exact) mass is 226 g/mol. The highest BCUT2D eigenvalue weighted by Gasteiger charge is 2.04. The van der Waals surface area contributed by atoms with Gasteiger partial charge in [-0.3, -0.25) is 0 Å². The van der Waals surface area contributed by atoms with Crippen LogP contribution in [-0.4, -0.2) is 19.3 Å². The molecular weight excluding hydrogens is 207 g/mol. The molecule has 0 radical (unpaired) electrons. The summed E-state index contributed by atoms with van der Waals surface area (Å²) in [7, 11) is 0. The minimum Gasteiger partial charge on any atom is -0.397 e. The van der Waals surface area contributed by atoms with Crippen LogP contribution in [0.2, 0.25) is 0 Å². The molecule has 16 heavy (non-hydrogen) atoms. The van der Waals surface area contributed by atoms with E-state index in [9.17, 15) is 4.39 Å². The lowest BCUT2D eigenvalue weighted by molar-refractivity contribution is 0.0870. The van der Waals surface area contributed by atoms with E-state index in [1.807, 2.05) is 13.8 Å². The van der Waals surface area contributed by atoms with E-state index in [4.69, 9.17) is 10.5 Å². The molecule has 3 N–H and O–H groups in total. The van der Waals surface area contributed by atoms with Crippen molar-refractivity contribution in [2.45, 2.75) is 26.9 Å². The standard InChI is InChI=1S/C12H19FN2O/c1-8(2)16-5-4-15-12-6-9(3)10(13)7-11(12)14/h6-8,15H,4-5,14H2,1-3H3. The number of hydrogen-bond acceptors (Lipinski definition) is 3. The molecule has 0 aliphatic carbocycles. The number of benzene rings is 1. The Labute approximate surface area is 95.8 Å². The predicted molar refractivity (Wildman–Crippen MR) is 65.1 cm³/mol. The van der Waals surface area contributed by atoms with Crippen molar-refractivity contribution in [3.63, 3.8) is 0 Å². The molecule has 90 valence electrons. The molecule has 0 atom stereocenters. The highest BCUT2D eigenvalue weighted by atomic mass is 19.1. The van der Waals surface area contributed by atoms with Gasteiger partial charge >= 0.3 is 0 Å². The van der Waals surface area contributed by atoms with Gasteiger partial charge in [0.05, 0.1) is 24.1 Å². The van der Waals surface area contributed by atoms with Gasteiger partial charge in [-0.05, 0) is 38.5 Å². The largest absolute Gasteiger partial charge is 0.397 e. The first-order chi connectivity index (χ1) is 7.50. The lowest BCUT2D eigenvalue weighted by atomic mass is 10.2. The molecule has 0 saturated carbocycles. The summed E-state index contributed by atoms with van der Waals surface area (Å²) < 4.78 is 18.5. The van der Waals surface area contributed by atoms with E-state index in [2.05, 4.69) is 5.32 Å². The summed E-state index contributed by atoms with van der Waals surface area (Å²) >= 11 is 0. The van der Waals surface area contributed by atoms with Crippen molar-refractivity contribution in [1.29, 1.82) is 0 Å². The third kappa shape index (κ3) is 3.70. The molecule has 0 heterocycles. The normalized spacial score (nSPS) is 10.8. The van der Waals surface area contributed by atoms with Gasteiger partial charge in [0, 0.05) is 6.54 Å². The Morgan fingerprint density at radius 1 is 1.44 bits per heavy atom. The van der Waals surface area contributed by atoms with Crippen LogP contribution in [0.4, 0.5) is 15.8 Å². The summed E-state index contributed by atoms with van der Waals surface area (Å²) in [5.41, 5.74) is 7.45. The zero-order valence-corrected chi connectivity index (χ0v) is 10.0. The maximum atomic E-state index is 13.1. The molecule has 1 rings (SSSR count). The second-order valence-corrected chi connectivity index (χ2v) is 4.03. The number of aryl methyl sites for hydroxylation is 1. The van der Waals surface area contributed by atoms with Gasteiger partial charge in [-0.1, -0.05) is 0 Å². The minimum absolute atomic E-state index is 0.217. The zero-order valence-electron chi connectivity index (χ0n) is 10.0. The van der Waals surface area contributed by atoms with E-state index >= 15 is 0 Å². The van der Waals surface area contributed by atoms with E-state index in [0.29, 0.717) is 24.4 Å². The van der Waals surface area contributed by atoms with Crippen molar-refractivity contribution in [3.8, 4) is 0 Å². The van der Waals surface area contributed by atoms with Gasteiger partial charge in [0.2, 0.25) is 0 Å². The number of nitrogens with two attached hydrogens (primary N) is 1. The lowest BCUT2D eigenvalue weighted by Gasteiger charge is -2.12. The Morgan fingerprint density at radius 3 is 2.75 bits per heavy atom. The molecule has 1 aromatic carbocycles. The summed E-state index contributed by atoms with van der Waals surface area (Å²) in [5.74, 6) is -0.276. The number of rotatable bonds is 5. The van der Waals surface area contributed by atoms with Crippen LogP contribution >= 0.6 is 0 Å². The Hall–Kier alpha value is -1.29. The minimum atomic E-state index is -0.276. The molecule has 0 aromatic heterocycles. The van der Waals surface area contributed by atoms with Gasteiger partial charge in [-0.2, -0.15) is 0 Å². The number of halogens is 1. The fourth-order valence-corrected chi connectivity index (χ4v) is 1.33. The Balaban J connectivity index is 2.51. The van der Waals surface area contributed by atoms with E-state index in [1.165, 1.54) is 6.07 Å². The second-order valence-electron chi connectivity index (χ2n) is 4.03. The van der Waals surface area contributed by atoms with Gasteiger partial charge in [0.25, 0.3) is 0 Å². The van der Waals surface area contributed by atoms with E-state index in [1.54, 1.807) is 13.0 Å². The quantitative estimate of drug-likeness (QED) is 0.599. The Kier molecular flexibility index (Phi) is 4.55. The fraction of sp³-hybridized carbons (Fsp3) is 0.500. The lowest BCUT2D eigenvalue weighted by Crippen LogP contribution is -2.14. The van der Waals surface area contributed by atoms with Crippen molar-refractivity contribution >= 4 is 11.4 Å². The van der Waals surface area contributed by atoms with Gasteiger partial charge in [-0.15, -0.1) is 0 Å². The molecule has 1 aromatic rings. The van der Waals surface area contributed by atoms with Gasteiger partial charge in [0.1, 0.15) is 5.82 Å². The van der Waals surface area contributed by atoms with Gasteiger partial charge < -0.3 is 15.8 Å². The fourth-order valence-electron chi connectivity index (χ4n) is 1.33. The summed E-state index contributed by atoms with van der Waals surface area (Å²) in [6.07, 6.45) is 0.217. The Morgan fingerprint density at radius 2 is 2.12 bits per heavy atom. The molecular formula is C12H19FN2O. The molecule has 0 aliphatic rings. The van der Waals surface area contributed by atoms with Crippen LogP contribution in [0, 0.1) is 12.7 Å². The molecule has 0 aliphatic heterocycles. The first-order valence-corrected chi connectivity index (χ1v) is 5.41. The molecule has 0 fully saturated rings. The van der Waals surface area contributed by atoms with E-state index in [0.717, 1.165) is 5.69 Å². The third-order valence-corrected chi connectivity index (χ3v) is 2.20. The molecule has 0 unspecified atom stereocenters. The topological polar surface area (TPSA) is 47.3 Å². The molecule has 0 saturated heterocycles. The van der Waals surface area contributed by atoms with Crippen molar-refractivity contribution in [3.05, 3.63) is 23.5 Å². The summed E-state index contributed by atoms with van der Waals surface area (Å²) in [6, 6.07) is 3.04. The smallest absolute Gasteiger partial charge is 0.128 e. The first kappa shape index (κ1) is 12.8. The maximum absolute atomic E-state index is 13.1. The summed E-state index contributed by atoms with van der Waals surface area (Å²) in [5, 5.41) is 3.12. The van der Waals surface area contributed by atoms with Crippen LogP contribution in [0.1, 0.15) is 19.4 Å². The number of anilines is 2. The van der Waals surface area contributed by atoms with Gasteiger partial charge in [0.15, 0.2) is 0 Å². The molecule has 0 spiro atoms. The van der Waals surface area contributed by atoms with Crippen LogP contribution in [0.5, 0.6) is 0 Å². The molecule has 3 nitrogen and oxygen atoms in total. The zero-order chi connectivity index (χ0) is 12.1. The van der Waals surface area contributed by atoms with Crippen molar-refractivity contribution in [1.82, 2.24) is 0 Å². The van der Waals surface area contributed by atoms with Crippen molar-refractivity contribution in [2.24, 2.45) is 0 Å². The first-order valence-electron chi connectivity index (χ1n) is 5.41. The highest BCUT2D eigenvalue weighted by molar-refractivity contribution is 5.67. The van der Waals surface area contributed by atoms with Crippen LogP contribution in [0.3, 0.4) is 0 Å². The van der Waals surface area contributed by atoms with Crippen LogP contribution in [0.15, 0.2) is 12.1 Å². The van der Waals surface area contributed by atoms with Crippen LogP contribution < -0.4 is 11.1 Å². The highest BCUT2D eigenvalue weighted by Crippen LogP contribution is 2.22. The van der Waals surface area contributed by atoms with Crippen LogP contribution in [-0.2, 0) is 4.74 Å². The number of ether oxygens (including phenoxy) is 1. The predicted octanol–water partition coefficient (Wildman–Crippen LogP) is 2.55. The number of nitrogen functional groups attached to an aromatic ring is 1. The molecule has 0 bridgehead atoms. The van der Waals surface area contributed by atoms with Crippen molar-refractivity contribution < 1.29 is 9.13 Å². The van der Waals surface area contributed by atoms with E-state index < -0.39 is 0 Å². The number of nitrogens with one attached hydrogen (secondary N) is 1. The third-order valence-electron chi connectivity index (χ3n) is 2.20. The average molecular weight is 226 g/mol. The van der Waals surface area contributed by atoms with Gasteiger partial charge in [-0.25, -0.2) is 4.39 Å². The number of hydrogen-bond donors (Lipinski definition) is 2. The van der Waals surface area contributed by atoms with Crippen LogP contribution in [0.25, 0.3) is 0 Å². The SMILES string of the molecule is Cc1cc(NCCOC(C)C)c(N)cc1F. The second kappa shape index (κ2) is 5.70. The molecule has 4 heteroatoms. The Bertz CT molecular complexity index is 353. The summed E-state index contributed by atoms with van der Waals surface area (Å²) in [6.45, 7) is 6.94. The van der Waals surface area contributed by atoms with E-state index in [-0.39, 0.29) is 11.9 Å². The average Bonchev–Trinajstić information content (AvgIpc) is 2.19. The van der Waals surface area contributed by atoms with Crippen molar-refractivity contribution in [2.75, 3.05) is 24.2 Å². The summed E-state index contributed by atoms with van der Waals surface area (Å²) in [4.78, 5) is 0. The maximum Gasteiger partial charge on any atom is 0.128 e.